The van der Waals surface area contributed by atoms with Gasteiger partial charge in [-0.3, -0.25) is 0 Å². The summed E-state index contributed by atoms with van der Waals surface area (Å²) in [5, 5.41) is 10.3. The maximum Gasteiger partial charge on any atom is 0.0756 e. The molecule has 0 fully saturated rings. The molecule has 1 unspecified atom stereocenters. The van der Waals surface area contributed by atoms with E-state index in [1.165, 1.54) is 11.8 Å². The number of hydrogen-bond donors (Lipinski definition) is 2. The highest BCUT2D eigenvalue weighted by Gasteiger charge is 2.04. The molecule has 1 aromatic rings. The van der Waals surface area contributed by atoms with Crippen LogP contribution in [-0.4, -0.2) is 23.5 Å². The van der Waals surface area contributed by atoms with E-state index < -0.39 is 6.10 Å². The van der Waals surface area contributed by atoms with E-state index >= 15 is 0 Å². The second-order valence-electron chi connectivity index (χ2n) is 2.78. The summed E-state index contributed by atoms with van der Waals surface area (Å²) in [5.41, 5.74) is 5.28. The summed E-state index contributed by atoms with van der Waals surface area (Å²) in [7, 11) is 0. The van der Waals surface area contributed by atoms with Crippen molar-refractivity contribution in [3.63, 3.8) is 0 Å². The Kier molecular flexibility index (Phi) is 5.06. The molecule has 0 amide bonds. The van der Waals surface area contributed by atoms with Crippen LogP contribution >= 0.6 is 35.0 Å². The van der Waals surface area contributed by atoms with Gasteiger partial charge >= 0.3 is 0 Å². The van der Waals surface area contributed by atoms with Gasteiger partial charge in [0.2, 0.25) is 0 Å². The van der Waals surface area contributed by atoms with Crippen LogP contribution in [0.4, 0.5) is 0 Å². The van der Waals surface area contributed by atoms with Crippen molar-refractivity contribution in [2.45, 2.75) is 11.0 Å². The number of rotatable bonds is 4. The lowest BCUT2D eigenvalue weighted by Crippen LogP contribution is -2.21. The maximum atomic E-state index is 9.24. The van der Waals surface area contributed by atoms with Crippen LogP contribution in [0.25, 0.3) is 0 Å². The Morgan fingerprint density at radius 3 is 2.64 bits per heavy atom. The third-order valence-electron chi connectivity index (χ3n) is 1.61. The van der Waals surface area contributed by atoms with Crippen molar-refractivity contribution in [2.75, 3.05) is 12.3 Å². The Morgan fingerprint density at radius 2 is 2.07 bits per heavy atom. The van der Waals surface area contributed by atoms with Crippen LogP contribution in [-0.2, 0) is 0 Å². The highest BCUT2D eigenvalue weighted by Crippen LogP contribution is 2.28. The van der Waals surface area contributed by atoms with Crippen LogP contribution in [0.3, 0.4) is 0 Å². The molecule has 1 aromatic carbocycles. The molecular formula is C9H11Cl2NOS. The fraction of sp³-hybridized carbons (Fsp3) is 0.333. The number of nitrogens with two attached hydrogens (primary N) is 1. The van der Waals surface area contributed by atoms with Crippen molar-refractivity contribution in [3.8, 4) is 0 Å². The number of halogens is 2. The van der Waals surface area contributed by atoms with E-state index in [1.54, 1.807) is 12.1 Å². The van der Waals surface area contributed by atoms with Gasteiger partial charge in [-0.05, 0) is 18.2 Å². The van der Waals surface area contributed by atoms with Crippen LogP contribution in [0.2, 0.25) is 10.0 Å². The number of aliphatic hydroxyl groups is 1. The third-order valence-corrected chi connectivity index (χ3v) is 3.48. The maximum absolute atomic E-state index is 9.24. The highest BCUT2D eigenvalue weighted by molar-refractivity contribution is 7.99. The third kappa shape index (κ3) is 3.67. The van der Waals surface area contributed by atoms with Gasteiger partial charge in [-0.1, -0.05) is 23.2 Å². The summed E-state index contributed by atoms with van der Waals surface area (Å²) in [4.78, 5) is 0.979. The molecule has 0 saturated carbocycles. The van der Waals surface area contributed by atoms with E-state index in [9.17, 15) is 5.11 Å². The van der Waals surface area contributed by atoms with Crippen molar-refractivity contribution in [1.82, 2.24) is 0 Å². The standard InChI is InChI=1S/C9H11Cl2NOS/c10-8-2-1-7(3-9(8)11)14-5-6(13)4-12/h1-3,6,13H,4-5,12H2. The molecule has 0 bridgehead atoms. The van der Waals surface area contributed by atoms with Crippen LogP contribution < -0.4 is 5.73 Å². The quantitative estimate of drug-likeness (QED) is 0.809. The Labute approximate surface area is 97.4 Å². The molecule has 1 rings (SSSR count). The molecule has 78 valence electrons. The summed E-state index contributed by atoms with van der Waals surface area (Å²) in [6, 6.07) is 5.38. The Balaban J connectivity index is 2.55. The zero-order chi connectivity index (χ0) is 10.6. The predicted octanol–water partition coefficient (Wildman–Crippen LogP) is 2.41. The van der Waals surface area contributed by atoms with Crippen LogP contribution in [0.15, 0.2) is 23.1 Å². The summed E-state index contributed by atoms with van der Waals surface area (Å²) in [6.45, 7) is 0.272. The van der Waals surface area contributed by atoms with Crippen molar-refractivity contribution < 1.29 is 5.11 Å². The molecular weight excluding hydrogens is 241 g/mol. The topological polar surface area (TPSA) is 46.2 Å². The van der Waals surface area contributed by atoms with Gasteiger partial charge in [-0.2, -0.15) is 0 Å². The van der Waals surface area contributed by atoms with Crippen molar-refractivity contribution >= 4 is 35.0 Å². The molecule has 1 atom stereocenters. The first-order valence-electron chi connectivity index (χ1n) is 4.09. The largest absolute Gasteiger partial charge is 0.391 e. The lowest BCUT2D eigenvalue weighted by atomic mass is 10.4. The Hall–Kier alpha value is 0.0700. The molecule has 0 radical (unpaired) electrons. The fourth-order valence-electron chi connectivity index (χ4n) is 0.827. The number of aliphatic hydroxyl groups excluding tert-OH is 1. The predicted molar refractivity (Wildman–Crippen MR) is 62.2 cm³/mol. The molecule has 0 saturated heterocycles. The molecule has 2 nitrogen and oxygen atoms in total. The summed E-state index contributed by atoms with van der Waals surface area (Å²) in [5.74, 6) is 0.564. The highest BCUT2D eigenvalue weighted by atomic mass is 35.5. The van der Waals surface area contributed by atoms with E-state index in [0.29, 0.717) is 15.8 Å². The zero-order valence-corrected chi connectivity index (χ0v) is 9.74. The van der Waals surface area contributed by atoms with Crippen molar-refractivity contribution in [3.05, 3.63) is 28.2 Å². The minimum absolute atomic E-state index is 0.272. The molecule has 3 N–H and O–H groups in total. The van der Waals surface area contributed by atoms with Gasteiger partial charge in [0.1, 0.15) is 0 Å². The zero-order valence-electron chi connectivity index (χ0n) is 7.41. The van der Waals surface area contributed by atoms with Gasteiger partial charge in [0.25, 0.3) is 0 Å². The monoisotopic (exact) mass is 251 g/mol. The van der Waals surface area contributed by atoms with E-state index in [1.807, 2.05) is 6.07 Å². The van der Waals surface area contributed by atoms with E-state index in [0.717, 1.165) is 4.90 Å². The SMILES string of the molecule is NCC(O)CSc1ccc(Cl)c(Cl)c1. The van der Waals surface area contributed by atoms with Gasteiger partial charge in [-0.15, -0.1) is 11.8 Å². The van der Waals surface area contributed by atoms with Crippen LogP contribution in [0, 0.1) is 0 Å². The smallest absolute Gasteiger partial charge is 0.0756 e. The summed E-state index contributed by atoms with van der Waals surface area (Å²) < 4.78 is 0. The van der Waals surface area contributed by atoms with Crippen molar-refractivity contribution in [1.29, 1.82) is 0 Å². The first kappa shape index (κ1) is 12.1. The van der Waals surface area contributed by atoms with E-state index in [4.69, 9.17) is 28.9 Å². The Morgan fingerprint density at radius 1 is 1.36 bits per heavy atom. The molecule has 5 heteroatoms. The van der Waals surface area contributed by atoms with E-state index in [2.05, 4.69) is 0 Å². The van der Waals surface area contributed by atoms with Crippen molar-refractivity contribution in [2.24, 2.45) is 5.73 Å². The van der Waals surface area contributed by atoms with Gasteiger partial charge < -0.3 is 10.8 Å². The normalized spacial score (nSPS) is 12.9. The van der Waals surface area contributed by atoms with Gasteiger partial charge in [0, 0.05) is 17.2 Å². The Bertz CT molecular complexity index is 309. The second kappa shape index (κ2) is 5.83. The molecule has 0 aromatic heterocycles. The fourth-order valence-corrected chi connectivity index (χ4v) is 2.08. The number of hydrogen-bond acceptors (Lipinski definition) is 3. The molecule has 0 heterocycles. The van der Waals surface area contributed by atoms with Gasteiger partial charge in [0.05, 0.1) is 16.1 Å². The lowest BCUT2D eigenvalue weighted by Gasteiger charge is -2.07. The average molecular weight is 252 g/mol. The minimum atomic E-state index is -0.477. The molecule has 0 aliphatic rings. The lowest BCUT2D eigenvalue weighted by molar-refractivity contribution is 0.208. The van der Waals surface area contributed by atoms with Crippen LogP contribution in [0.1, 0.15) is 0 Å². The average Bonchev–Trinajstić information content (AvgIpc) is 2.19. The molecule has 0 aliphatic carbocycles. The van der Waals surface area contributed by atoms with E-state index in [-0.39, 0.29) is 6.54 Å². The number of thioether (sulfide) groups is 1. The summed E-state index contributed by atoms with van der Waals surface area (Å²) in [6.07, 6.45) is -0.477. The van der Waals surface area contributed by atoms with Gasteiger partial charge in [0.15, 0.2) is 0 Å². The molecule has 14 heavy (non-hydrogen) atoms. The summed E-state index contributed by atoms with van der Waals surface area (Å²) >= 11 is 13.1. The number of benzene rings is 1. The first-order chi connectivity index (χ1) is 6.63. The van der Waals surface area contributed by atoms with Crippen LogP contribution in [0.5, 0.6) is 0 Å². The molecule has 0 aliphatic heterocycles. The first-order valence-corrected chi connectivity index (χ1v) is 5.83. The molecule has 0 spiro atoms. The minimum Gasteiger partial charge on any atom is -0.391 e. The van der Waals surface area contributed by atoms with Gasteiger partial charge in [-0.25, -0.2) is 0 Å². The second-order valence-corrected chi connectivity index (χ2v) is 4.68.